The number of rotatable bonds is 5. The van der Waals surface area contributed by atoms with Crippen LogP contribution in [0.4, 0.5) is 8.78 Å². The van der Waals surface area contributed by atoms with Gasteiger partial charge in [0.15, 0.2) is 6.04 Å². The number of carboxylic acids is 1. The van der Waals surface area contributed by atoms with E-state index in [9.17, 15) is 18.4 Å². The highest BCUT2D eigenvalue weighted by Gasteiger charge is 2.24. The second-order valence-corrected chi connectivity index (χ2v) is 4.48. The van der Waals surface area contributed by atoms with Crippen molar-refractivity contribution < 1.29 is 28.2 Å². The Morgan fingerprint density at radius 3 is 2.37 bits per heavy atom. The normalized spacial score (nSPS) is 12.0. The van der Waals surface area contributed by atoms with Gasteiger partial charge in [0.2, 0.25) is 0 Å². The van der Waals surface area contributed by atoms with E-state index in [4.69, 9.17) is 5.11 Å². The van der Waals surface area contributed by atoms with Crippen molar-refractivity contribution in [2.24, 2.45) is 0 Å². The molecule has 0 saturated heterocycles. The first-order valence-electron chi connectivity index (χ1n) is 5.04. The standard InChI is InChI=1S/C11H10BrF2NO4/c1-19-4-8(11(17)18)15-10(16)9-6(13)2-5(12)3-7(9)14/h2-3,8H,4H2,1H3,(H,15,16)(H,17,18). The smallest absolute Gasteiger partial charge is 0.328 e. The molecule has 1 atom stereocenters. The summed E-state index contributed by atoms with van der Waals surface area (Å²) in [5, 5.41) is 10.8. The lowest BCUT2D eigenvalue weighted by Gasteiger charge is -2.14. The van der Waals surface area contributed by atoms with Crippen LogP contribution in [0.25, 0.3) is 0 Å². The quantitative estimate of drug-likeness (QED) is 0.854. The molecule has 1 amide bonds. The molecule has 19 heavy (non-hydrogen) atoms. The summed E-state index contributed by atoms with van der Waals surface area (Å²) in [4.78, 5) is 22.5. The number of carbonyl (C=O) groups excluding carboxylic acids is 1. The van der Waals surface area contributed by atoms with Crippen LogP contribution in [0.3, 0.4) is 0 Å². The minimum absolute atomic E-state index is 0.130. The Kier molecular flexibility index (Phi) is 5.37. The Morgan fingerprint density at radius 1 is 1.42 bits per heavy atom. The van der Waals surface area contributed by atoms with E-state index >= 15 is 0 Å². The number of carboxylic acid groups (broad SMARTS) is 1. The van der Waals surface area contributed by atoms with Crippen LogP contribution in [-0.4, -0.2) is 36.7 Å². The Hall–Kier alpha value is -1.54. The average Bonchev–Trinajstić information content (AvgIpc) is 2.26. The molecule has 0 aliphatic carbocycles. The second-order valence-electron chi connectivity index (χ2n) is 3.56. The zero-order valence-electron chi connectivity index (χ0n) is 9.75. The number of halogens is 3. The van der Waals surface area contributed by atoms with Crippen LogP contribution >= 0.6 is 15.9 Å². The highest BCUT2D eigenvalue weighted by atomic mass is 79.9. The summed E-state index contributed by atoms with van der Waals surface area (Å²) in [5.74, 6) is -4.71. The van der Waals surface area contributed by atoms with Gasteiger partial charge in [-0.1, -0.05) is 15.9 Å². The molecule has 0 spiro atoms. The van der Waals surface area contributed by atoms with E-state index in [0.717, 1.165) is 12.1 Å². The number of carbonyl (C=O) groups is 2. The maximum atomic E-state index is 13.5. The van der Waals surface area contributed by atoms with Gasteiger partial charge in [-0.2, -0.15) is 0 Å². The molecule has 5 nitrogen and oxygen atoms in total. The number of benzene rings is 1. The summed E-state index contributed by atoms with van der Waals surface area (Å²) in [5.41, 5.74) is -0.842. The third-order valence-electron chi connectivity index (χ3n) is 2.17. The van der Waals surface area contributed by atoms with Crippen molar-refractivity contribution in [3.63, 3.8) is 0 Å². The maximum Gasteiger partial charge on any atom is 0.328 e. The third-order valence-corrected chi connectivity index (χ3v) is 2.63. The van der Waals surface area contributed by atoms with Crippen LogP contribution in [0.1, 0.15) is 10.4 Å². The van der Waals surface area contributed by atoms with Crippen molar-refractivity contribution in [2.45, 2.75) is 6.04 Å². The number of ether oxygens (including phenoxy) is 1. The Bertz CT molecular complexity index is 486. The lowest BCUT2D eigenvalue weighted by Crippen LogP contribution is -2.44. The van der Waals surface area contributed by atoms with E-state index < -0.39 is 35.1 Å². The Balaban J connectivity index is 2.98. The van der Waals surface area contributed by atoms with Gasteiger partial charge in [0.1, 0.15) is 17.2 Å². The molecular formula is C11H10BrF2NO4. The van der Waals surface area contributed by atoms with Crippen molar-refractivity contribution in [1.29, 1.82) is 0 Å². The van der Waals surface area contributed by atoms with E-state index in [1.807, 2.05) is 5.32 Å². The van der Waals surface area contributed by atoms with Gasteiger partial charge < -0.3 is 15.2 Å². The molecule has 0 aromatic heterocycles. The molecule has 0 heterocycles. The van der Waals surface area contributed by atoms with Crippen LogP contribution in [0.15, 0.2) is 16.6 Å². The molecule has 1 aromatic carbocycles. The Morgan fingerprint density at radius 2 is 1.95 bits per heavy atom. The molecule has 0 saturated carbocycles. The van der Waals surface area contributed by atoms with Gasteiger partial charge in [-0.15, -0.1) is 0 Å². The van der Waals surface area contributed by atoms with Gasteiger partial charge >= 0.3 is 5.97 Å². The number of aliphatic carboxylic acids is 1. The maximum absolute atomic E-state index is 13.5. The van der Waals surface area contributed by atoms with Crippen LogP contribution in [0.2, 0.25) is 0 Å². The first kappa shape index (κ1) is 15.5. The topological polar surface area (TPSA) is 75.6 Å². The van der Waals surface area contributed by atoms with Gasteiger partial charge in [0.05, 0.1) is 6.61 Å². The lowest BCUT2D eigenvalue weighted by atomic mass is 10.1. The molecule has 2 N–H and O–H groups in total. The van der Waals surface area contributed by atoms with E-state index in [0.29, 0.717) is 0 Å². The summed E-state index contributed by atoms with van der Waals surface area (Å²) < 4.78 is 31.7. The van der Waals surface area contributed by atoms with Crippen molar-refractivity contribution in [2.75, 3.05) is 13.7 Å². The van der Waals surface area contributed by atoms with Crippen LogP contribution < -0.4 is 5.32 Å². The molecule has 8 heteroatoms. The SMILES string of the molecule is COCC(NC(=O)c1c(F)cc(Br)cc1F)C(=O)O. The molecule has 0 bridgehead atoms. The largest absolute Gasteiger partial charge is 0.480 e. The first-order chi connectivity index (χ1) is 8.86. The Labute approximate surface area is 115 Å². The molecule has 0 fully saturated rings. The second kappa shape index (κ2) is 6.58. The molecule has 1 unspecified atom stereocenters. The molecule has 0 aliphatic rings. The molecular weight excluding hydrogens is 328 g/mol. The number of methoxy groups -OCH3 is 1. The van der Waals surface area contributed by atoms with Crippen molar-refractivity contribution >= 4 is 27.8 Å². The number of amides is 1. The van der Waals surface area contributed by atoms with Crippen molar-refractivity contribution in [3.05, 3.63) is 33.8 Å². The van der Waals surface area contributed by atoms with Crippen molar-refractivity contribution in [3.8, 4) is 0 Å². The molecule has 104 valence electrons. The number of hydrogen-bond donors (Lipinski definition) is 2. The van der Waals surface area contributed by atoms with Gasteiger partial charge in [-0.25, -0.2) is 13.6 Å². The summed E-state index contributed by atoms with van der Waals surface area (Å²) in [6, 6.07) is 0.425. The van der Waals surface area contributed by atoms with E-state index in [1.165, 1.54) is 7.11 Å². The summed E-state index contributed by atoms with van der Waals surface area (Å²) in [6.07, 6.45) is 0. The zero-order chi connectivity index (χ0) is 14.6. The minimum atomic E-state index is -1.39. The zero-order valence-corrected chi connectivity index (χ0v) is 11.3. The molecule has 0 radical (unpaired) electrons. The van der Waals surface area contributed by atoms with Gasteiger partial charge in [0.25, 0.3) is 5.91 Å². The van der Waals surface area contributed by atoms with Crippen LogP contribution in [-0.2, 0) is 9.53 Å². The van der Waals surface area contributed by atoms with Gasteiger partial charge in [-0.05, 0) is 12.1 Å². The fourth-order valence-electron chi connectivity index (χ4n) is 1.33. The highest BCUT2D eigenvalue weighted by molar-refractivity contribution is 9.10. The molecule has 1 rings (SSSR count). The molecule has 0 aliphatic heterocycles. The predicted octanol–water partition coefficient (Wildman–Crippen LogP) is 1.56. The average molecular weight is 338 g/mol. The van der Waals surface area contributed by atoms with E-state index in [-0.39, 0.29) is 11.1 Å². The van der Waals surface area contributed by atoms with Crippen LogP contribution in [0.5, 0.6) is 0 Å². The van der Waals surface area contributed by atoms with Gasteiger partial charge in [0, 0.05) is 11.6 Å². The fraction of sp³-hybridized carbons (Fsp3) is 0.273. The van der Waals surface area contributed by atoms with Gasteiger partial charge in [-0.3, -0.25) is 4.79 Å². The summed E-state index contributed by atoms with van der Waals surface area (Å²) >= 11 is 2.87. The first-order valence-corrected chi connectivity index (χ1v) is 5.83. The predicted molar refractivity (Wildman–Crippen MR) is 64.8 cm³/mol. The number of nitrogens with one attached hydrogen (secondary N) is 1. The molecule has 1 aromatic rings. The lowest BCUT2D eigenvalue weighted by molar-refractivity contribution is -0.140. The fourth-order valence-corrected chi connectivity index (χ4v) is 1.73. The highest BCUT2D eigenvalue weighted by Crippen LogP contribution is 2.19. The summed E-state index contributed by atoms with van der Waals surface area (Å²) in [6.45, 7) is -0.319. The van der Waals surface area contributed by atoms with E-state index in [1.54, 1.807) is 0 Å². The summed E-state index contributed by atoms with van der Waals surface area (Å²) in [7, 11) is 1.24. The minimum Gasteiger partial charge on any atom is -0.480 e. The van der Waals surface area contributed by atoms with Crippen molar-refractivity contribution in [1.82, 2.24) is 5.32 Å². The monoisotopic (exact) mass is 337 g/mol. The van der Waals surface area contributed by atoms with Crippen LogP contribution in [0, 0.1) is 11.6 Å². The van der Waals surface area contributed by atoms with E-state index in [2.05, 4.69) is 20.7 Å². The number of hydrogen-bond acceptors (Lipinski definition) is 3. The third kappa shape index (κ3) is 3.97.